The van der Waals surface area contributed by atoms with Gasteiger partial charge < -0.3 is 14.5 Å². The molecule has 1 aliphatic rings. The molecule has 1 rings (SSSR count). The Morgan fingerprint density at radius 1 is 1.42 bits per heavy atom. The predicted octanol–water partition coefficient (Wildman–Crippen LogP) is 0.266. The Labute approximate surface area is 113 Å². The Balaban J connectivity index is 2.54. The topological polar surface area (TPSA) is 66.9 Å². The molecule has 0 aromatic carbocycles. The van der Waals surface area contributed by atoms with Gasteiger partial charge in [-0.3, -0.25) is 14.4 Å². The van der Waals surface area contributed by atoms with Crippen LogP contribution >= 0.6 is 0 Å². The number of ether oxygens (including phenoxy) is 1. The van der Waals surface area contributed by atoms with E-state index < -0.39 is 0 Å². The van der Waals surface area contributed by atoms with Gasteiger partial charge in [0.1, 0.15) is 0 Å². The van der Waals surface area contributed by atoms with Crippen molar-refractivity contribution in [1.29, 1.82) is 0 Å². The van der Waals surface area contributed by atoms with Crippen LogP contribution in [0.3, 0.4) is 0 Å². The lowest BCUT2D eigenvalue weighted by molar-refractivity contribution is -0.142. The van der Waals surface area contributed by atoms with Crippen molar-refractivity contribution in [3.05, 3.63) is 0 Å². The fraction of sp³-hybridized carbons (Fsp3) is 0.769. The summed E-state index contributed by atoms with van der Waals surface area (Å²) in [4.78, 5) is 38.3. The molecule has 1 atom stereocenters. The van der Waals surface area contributed by atoms with Crippen LogP contribution in [0.2, 0.25) is 0 Å². The second kappa shape index (κ2) is 7.11. The first-order chi connectivity index (χ1) is 9.03. The Kier molecular flexibility index (Phi) is 5.79. The molecule has 0 spiro atoms. The molecule has 6 nitrogen and oxygen atoms in total. The third-order valence-electron chi connectivity index (χ3n) is 3.45. The van der Waals surface area contributed by atoms with Gasteiger partial charge in [-0.05, 0) is 13.8 Å². The quantitative estimate of drug-likeness (QED) is 0.650. The molecule has 0 radical (unpaired) electrons. The molecule has 0 N–H and O–H groups in total. The number of esters is 1. The van der Waals surface area contributed by atoms with Crippen LogP contribution in [0, 0.1) is 5.92 Å². The van der Waals surface area contributed by atoms with Crippen LogP contribution in [0.25, 0.3) is 0 Å². The van der Waals surface area contributed by atoms with Crippen LogP contribution in [0.1, 0.15) is 26.7 Å². The maximum absolute atomic E-state index is 12.3. The molecular weight excluding hydrogens is 248 g/mol. The fourth-order valence-corrected chi connectivity index (χ4v) is 2.25. The van der Waals surface area contributed by atoms with Crippen molar-refractivity contribution in [3.8, 4) is 0 Å². The highest BCUT2D eigenvalue weighted by molar-refractivity contribution is 5.89. The van der Waals surface area contributed by atoms with Crippen LogP contribution < -0.4 is 0 Å². The lowest BCUT2D eigenvalue weighted by Crippen LogP contribution is -2.38. The zero-order valence-corrected chi connectivity index (χ0v) is 11.8. The van der Waals surface area contributed by atoms with Crippen LogP contribution in [0.4, 0.5) is 0 Å². The predicted molar refractivity (Wildman–Crippen MR) is 69.2 cm³/mol. The molecular formula is C13H22N2O4. The van der Waals surface area contributed by atoms with E-state index in [2.05, 4.69) is 4.74 Å². The Bertz CT molecular complexity index is 357. The molecule has 108 valence electrons. The van der Waals surface area contributed by atoms with Crippen molar-refractivity contribution in [2.24, 2.45) is 5.92 Å². The Hall–Kier alpha value is -1.59. The van der Waals surface area contributed by atoms with Crippen molar-refractivity contribution in [2.75, 3.05) is 33.3 Å². The minimum atomic E-state index is -0.330. The summed E-state index contributed by atoms with van der Waals surface area (Å²) in [5.41, 5.74) is 0. The Morgan fingerprint density at radius 3 is 2.58 bits per heavy atom. The maximum atomic E-state index is 12.3. The molecule has 1 heterocycles. The van der Waals surface area contributed by atoms with Crippen LogP contribution in [0.5, 0.6) is 0 Å². The summed E-state index contributed by atoms with van der Waals surface area (Å²) in [5.74, 6) is -0.616. The summed E-state index contributed by atoms with van der Waals surface area (Å²) in [7, 11) is 1.33. The first-order valence-electron chi connectivity index (χ1n) is 6.66. The van der Waals surface area contributed by atoms with Crippen LogP contribution in [-0.4, -0.2) is 60.9 Å². The van der Waals surface area contributed by atoms with Gasteiger partial charge >= 0.3 is 5.97 Å². The third kappa shape index (κ3) is 3.94. The molecule has 6 heteroatoms. The number of rotatable bonds is 6. The van der Waals surface area contributed by atoms with Gasteiger partial charge in [-0.1, -0.05) is 0 Å². The van der Waals surface area contributed by atoms with Gasteiger partial charge in [-0.15, -0.1) is 0 Å². The largest absolute Gasteiger partial charge is 0.469 e. The lowest BCUT2D eigenvalue weighted by Gasteiger charge is -2.23. The SMILES string of the molecule is CCN1CC(C(=O)N(CC)CCC(=O)OC)CC1=O. The molecule has 0 aliphatic carbocycles. The zero-order valence-electron chi connectivity index (χ0n) is 11.8. The van der Waals surface area contributed by atoms with E-state index in [4.69, 9.17) is 0 Å². The van der Waals surface area contributed by atoms with E-state index in [9.17, 15) is 14.4 Å². The van der Waals surface area contributed by atoms with E-state index in [-0.39, 0.29) is 36.5 Å². The summed E-state index contributed by atoms with van der Waals surface area (Å²) in [6.07, 6.45) is 0.468. The average molecular weight is 270 g/mol. The second-order valence-corrected chi connectivity index (χ2v) is 4.58. The monoisotopic (exact) mass is 270 g/mol. The summed E-state index contributed by atoms with van der Waals surface area (Å²) in [6, 6.07) is 0. The number of likely N-dealkylation sites (tertiary alicyclic amines) is 1. The highest BCUT2D eigenvalue weighted by Crippen LogP contribution is 2.19. The standard InChI is InChI=1S/C13H22N2O4/c1-4-14(7-6-12(17)19-3)13(18)10-8-11(16)15(5-2)9-10/h10H,4-9H2,1-3H3. The van der Waals surface area contributed by atoms with Crippen molar-refractivity contribution in [2.45, 2.75) is 26.7 Å². The van der Waals surface area contributed by atoms with Crippen molar-refractivity contribution in [3.63, 3.8) is 0 Å². The summed E-state index contributed by atoms with van der Waals surface area (Å²) in [5, 5.41) is 0. The van der Waals surface area contributed by atoms with E-state index in [1.165, 1.54) is 7.11 Å². The molecule has 19 heavy (non-hydrogen) atoms. The van der Waals surface area contributed by atoms with Crippen molar-refractivity contribution >= 4 is 17.8 Å². The number of hydrogen-bond donors (Lipinski definition) is 0. The zero-order chi connectivity index (χ0) is 14.4. The Morgan fingerprint density at radius 2 is 2.11 bits per heavy atom. The molecule has 1 unspecified atom stereocenters. The molecule has 1 fully saturated rings. The molecule has 0 aromatic heterocycles. The number of methoxy groups -OCH3 is 1. The lowest BCUT2D eigenvalue weighted by atomic mass is 10.1. The number of carbonyl (C=O) groups excluding carboxylic acids is 3. The number of nitrogens with zero attached hydrogens (tertiary/aromatic N) is 2. The van der Waals surface area contributed by atoms with Gasteiger partial charge in [0.25, 0.3) is 0 Å². The molecule has 0 bridgehead atoms. The van der Waals surface area contributed by atoms with Gasteiger partial charge in [0.05, 0.1) is 19.4 Å². The van der Waals surface area contributed by atoms with E-state index >= 15 is 0 Å². The fourth-order valence-electron chi connectivity index (χ4n) is 2.25. The number of hydrogen-bond acceptors (Lipinski definition) is 4. The van der Waals surface area contributed by atoms with Gasteiger partial charge in [-0.2, -0.15) is 0 Å². The van der Waals surface area contributed by atoms with Gasteiger partial charge in [0.2, 0.25) is 11.8 Å². The van der Waals surface area contributed by atoms with E-state index in [1.807, 2.05) is 13.8 Å². The van der Waals surface area contributed by atoms with E-state index in [1.54, 1.807) is 9.80 Å². The molecule has 1 aliphatic heterocycles. The molecule has 1 saturated heterocycles. The van der Waals surface area contributed by atoms with E-state index in [0.29, 0.717) is 26.2 Å². The highest BCUT2D eigenvalue weighted by atomic mass is 16.5. The van der Waals surface area contributed by atoms with Crippen LogP contribution in [0.15, 0.2) is 0 Å². The first-order valence-corrected chi connectivity index (χ1v) is 6.66. The second-order valence-electron chi connectivity index (χ2n) is 4.58. The van der Waals surface area contributed by atoms with E-state index in [0.717, 1.165) is 0 Å². The minimum absolute atomic E-state index is 0.0323. The summed E-state index contributed by atoms with van der Waals surface area (Å²) in [6.45, 7) is 5.77. The smallest absolute Gasteiger partial charge is 0.307 e. The number of carbonyl (C=O) groups is 3. The number of amides is 2. The minimum Gasteiger partial charge on any atom is -0.469 e. The van der Waals surface area contributed by atoms with Gasteiger partial charge in [0.15, 0.2) is 0 Å². The molecule has 0 aromatic rings. The summed E-state index contributed by atoms with van der Waals surface area (Å²) < 4.78 is 4.56. The third-order valence-corrected chi connectivity index (χ3v) is 3.45. The highest BCUT2D eigenvalue weighted by Gasteiger charge is 2.35. The van der Waals surface area contributed by atoms with Crippen LogP contribution in [-0.2, 0) is 19.1 Å². The maximum Gasteiger partial charge on any atom is 0.307 e. The van der Waals surface area contributed by atoms with Crippen molar-refractivity contribution in [1.82, 2.24) is 9.80 Å². The van der Waals surface area contributed by atoms with Gasteiger partial charge in [-0.25, -0.2) is 0 Å². The van der Waals surface area contributed by atoms with Crippen molar-refractivity contribution < 1.29 is 19.1 Å². The summed E-state index contributed by atoms with van der Waals surface area (Å²) >= 11 is 0. The first kappa shape index (κ1) is 15.5. The molecule has 0 saturated carbocycles. The normalized spacial score (nSPS) is 18.6. The average Bonchev–Trinajstić information content (AvgIpc) is 2.80. The molecule has 2 amide bonds. The van der Waals surface area contributed by atoms with Gasteiger partial charge in [0, 0.05) is 32.6 Å².